The number of rotatable bonds is 3. The van der Waals surface area contributed by atoms with Gasteiger partial charge in [0.15, 0.2) is 0 Å². The molecule has 20 heavy (non-hydrogen) atoms. The highest BCUT2D eigenvalue weighted by Gasteiger charge is 2.02. The lowest BCUT2D eigenvalue weighted by atomic mass is 10.1. The summed E-state index contributed by atoms with van der Waals surface area (Å²) in [4.78, 5) is 8.97. The van der Waals surface area contributed by atoms with Gasteiger partial charge in [0.05, 0.1) is 5.69 Å². The molecule has 0 aliphatic rings. The Morgan fingerprint density at radius 2 is 1.75 bits per heavy atom. The quantitative estimate of drug-likeness (QED) is 0.627. The Labute approximate surface area is 122 Å². The zero-order valence-corrected chi connectivity index (χ0v) is 12.0. The van der Waals surface area contributed by atoms with Gasteiger partial charge in [-0.2, -0.15) is 0 Å². The average Bonchev–Trinajstić information content (AvgIpc) is 2.96. The lowest BCUT2D eigenvalue weighted by molar-refractivity contribution is 1.35. The molecule has 0 aliphatic carbocycles. The molecule has 3 heteroatoms. The van der Waals surface area contributed by atoms with Crippen molar-refractivity contribution in [2.45, 2.75) is 6.92 Å². The van der Waals surface area contributed by atoms with Gasteiger partial charge in [-0.05, 0) is 12.5 Å². The fraction of sp³-hybridized carbons (Fsp3) is 0.0588. The van der Waals surface area contributed by atoms with E-state index in [-0.39, 0.29) is 0 Å². The van der Waals surface area contributed by atoms with E-state index in [9.17, 15) is 0 Å². The van der Waals surface area contributed by atoms with Gasteiger partial charge in [0.25, 0.3) is 0 Å². The second kappa shape index (κ2) is 5.80. The largest absolute Gasteiger partial charge is 0.227 e. The molecule has 0 saturated heterocycles. The van der Waals surface area contributed by atoms with Crippen molar-refractivity contribution in [2.75, 3.05) is 0 Å². The fourth-order valence-corrected chi connectivity index (χ4v) is 2.52. The molecule has 0 radical (unpaired) electrons. The number of aromatic nitrogens is 1. The molecule has 0 aliphatic heterocycles. The third-order valence-electron chi connectivity index (χ3n) is 2.96. The summed E-state index contributed by atoms with van der Waals surface area (Å²) in [6, 6.07) is 18.4. The number of aryl methyl sites for hydroxylation is 1. The van der Waals surface area contributed by atoms with E-state index >= 15 is 0 Å². The molecule has 3 aromatic rings. The second-order valence-corrected chi connectivity index (χ2v) is 5.39. The summed E-state index contributed by atoms with van der Waals surface area (Å²) >= 11 is 1.56. The van der Waals surface area contributed by atoms with Crippen molar-refractivity contribution < 1.29 is 0 Å². The summed E-state index contributed by atoms with van der Waals surface area (Å²) in [5, 5.41) is 2.83. The number of hydrogen-bond acceptors (Lipinski definition) is 3. The Kier molecular flexibility index (Phi) is 3.70. The van der Waals surface area contributed by atoms with Gasteiger partial charge >= 0.3 is 0 Å². The summed E-state index contributed by atoms with van der Waals surface area (Å²) in [6.45, 7) is 2.08. The van der Waals surface area contributed by atoms with Gasteiger partial charge in [-0.3, -0.25) is 0 Å². The number of nitrogens with zero attached hydrogens (tertiary/aromatic N) is 2. The molecule has 0 atom stereocenters. The van der Waals surface area contributed by atoms with Gasteiger partial charge in [-0.1, -0.05) is 60.2 Å². The standard InChI is InChI=1S/C17H14N2S/c1-13-7-9-15(10-8-13)16-12-20-17(19-16)18-11-14-5-3-2-4-6-14/h2-12H,1H3/b18-11+. The van der Waals surface area contributed by atoms with Crippen molar-refractivity contribution in [3.8, 4) is 11.3 Å². The van der Waals surface area contributed by atoms with Crippen LogP contribution in [0.3, 0.4) is 0 Å². The maximum Gasteiger partial charge on any atom is 0.209 e. The van der Waals surface area contributed by atoms with Crippen LogP contribution in [-0.4, -0.2) is 11.2 Å². The van der Waals surface area contributed by atoms with Crippen LogP contribution in [0.5, 0.6) is 0 Å². The van der Waals surface area contributed by atoms with Crippen molar-refractivity contribution >= 4 is 22.7 Å². The van der Waals surface area contributed by atoms with Gasteiger partial charge in [0.2, 0.25) is 5.13 Å². The number of thiazole rings is 1. The highest BCUT2D eigenvalue weighted by atomic mass is 32.1. The molecule has 98 valence electrons. The highest BCUT2D eigenvalue weighted by molar-refractivity contribution is 7.13. The van der Waals surface area contributed by atoms with Crippen LogP contribution in [-0.2, 0) is 0 Å². The first-order valence-corrected chi connectivity index (χ1v) is 7.31. The molecule has 0 unspecified atom stereocenters. The smallest absolute Gasteiger partial charge is 0.209 e. The number of hydrogen-bond donors (Lipinski definition) is 0. The normalized spacial score (nSPS) is 11.1. The molecule has 2 nitrogen and oxygen atoms in total. The third-order valence-corrected chi connectivity index (χ3v) is 3.71. The van der Waals surface area contributed by atoms with Crippen molar-refractivity contribution in [1.82, 2.24) is 4.98 Å². The van der Waals surface area contributed by atoms with E-state index in [1.165, 1.54) is 5.56 Å². The van der Waals surface area contributed by atoms with Crippen LogP contribution in [0, 0.1) is 6.92 Å². The minimum atomic E-state index is 0.782. The first-order chi connectivity index (χ1) is 9.81. The molecule has 2 aromatic carbocycles. The Bertz CT molecular complexity index is 712. The zero-order chi connectivity index (χ0) is 13.8. The third kappa shape index (κ3) is 3.00. The van der Waals surface area contributed by atoms with Crippen molar-refractivity contribution in [3.63, 3.8) is 0 Å². The van der Waals surface area contributed by atoms with Crippen LogP contribution in [0.2, 0.25) is 0 Å². The van der Waals surface area contributed by atoms with E-state index in [4.69, 9.17) is 0 Å². The molecule has 0 N–H and O–H groups in total. The maximum atomic E-state index is 4.55. The fourth-order valence-electron chi connectivity index (χ4n) is 1.85. The van der Waals surface area contributed by atoms with E-state index in [0.717, 1.165) is 22.0 Å². The zero-order valence-electron chi connectivity index (χ0n) is 11.2. The Hall–Kier alpha value is -2.26. The predicted octanol–water partition coefficient (Wildman–Crippen LogP) is 4.87. The molecule has 0 saturated carbocycles. The van der Waals surface area contributed by atoms with Crippen molar-refractivity contribution in [2.24, 2.45) is 4.99 Å². The molecule has 1 heterocycles. The summed E-state index contributed by atoms with van der Waals surface area (Å²) in [6.07, 6.45) is 1.84. The minimum absolute atomic E-state index is 0.782. The van der Waals surface area contributed by atoms with Gasteiger partial charge in [-0.25, -0.2) is 9.98 Å². The van der Waals surface area contributed by atoms with Gasteiger partial charge in [0.1, 0.15) is 0 Å². The Morgan fingerprint density at radius 1 is 1.00 bits per heavy atom. The molecule has 3 rings (SSSR count). The first kappa shape index (κ1) is 12.8. The molecule has 0 amide bonds. The molecule has 1 aromatic heterocycles. The Balaban J connectivity index is 1.80. The summed E-state index contributed by atoms with van der Waals surface area (Å²) in [5.74, 6) is 0. The SMILES string of the molecule is Cc1ccc(-c2csc(/N=C/c3ccccc3)n2)cc1. The van der Waals surface area contributed by atoms with Crippen LogP contribution >= 0.6 is 11.3 Å². The molecular formula is C17H14N2S. The maximum absolute atomic E-state index is 4.55. The van der Waals surface area contributed by atoms with E-state index in [0.29, 0.717) is 0 Å². The van der Waals surface area contributed by atoms with Crippen LogP contribution in [0.15, 0.2) is 65.0 Å². The van der Waals surface area contributed by atoms with E-state index < -0.39 is 0 Å². The van der Waals surface area contributed by atoms with E-state index in [1.807, 2.05) is 41.9 Å². The molecule has 0 bridgehead atoms. The second-order valence-electron chi connectivity index (χ2n) is 4.55. The number of benzene rings is 2. The first-order valence-electron chi connectivity index (χ1n) is 6.43. The Morgan fingerprint density at radius 3 is 2.50 bits per heavy atom. The van der Waals surface area contributed by atoms with Crippen molar-refractivity contribution in [1.29, 1.82) is 0 Å². The molecule has 0 spiro atoms. The minimum Gasteiger partial charge on any atom is -0.227 e. The average molecular weight is 278 g/mol. The monoisotopic (exact) mass is 278 g/mol. The van der Waals surface area contributed by atoms with Crippen molar-refractivity contribution in [3.05, 3.63) is 71.1 Å². The van der Waals surface area contributed by atoms with Gasteiger partial charge < -0.3 is 0 Å². The van der Waals surface area contributed by atoms with E-state index in [2.05, 4.69) is 41.2 Å². The van der Waals surface area contributed by atoms with Crippen LogP contribution < -0.4 is 0 Å². The summed E-state index contributed by atoms with van der Waals surface area (Å²) in [5.41, 5.74) is 4.45. The lowest BCUT2D eigenvalue weighted by Gasteiger charge is -1.96. The predicted molar refractivity (Wildman–Crippen MR) is 86.0 cm³/mol. The summed E-state index contributed by atoms with van der Waals surface area (Å²) < 4.78 is 0. The van der Waals surface area contributed by atoms with Crippen LogP contribution in [0.4, 0.5) is 5.13 Å². The van der Waals surface area contributed by atoms with Gasteiger partial charge in [-0.15, -0.1) is 11.3 Å². The van der Waals surface area contributed by atoms with Crippen LogP contribution in [0.1, 0.15) is 11.1 Å². The number of aliphatic imine (C=N–C) groups is 1. The van der Waals surface area contributed by atoms with Gasteiger partial charge in [0, 0.05) is 17.2 Å². The molecule has 0 fully saturated rings. The van der Waals surface area contributed by atoms with E-state index in [1.54, 1.807) is 11.3 Å². The van der Waals surface area contributed by atoms with Crippen LogP contribution in [0.25, 0.3) is 11.3 Å². The topological polar surface area (TPSA) is 25.2 Å². The highest BCUT2D eigenvalue weighted by Crippen LogP contribution is 2.26. The lowest BCUT2D eigenvalue weighted by Crippen LogP contribution is -1.79. The summed E-state index contributed by atoms with van der Waals surface area (Å²) in [7, 11) is 0. The molecular weight excluding hydrogens is 264 g/mol.